The molecule has 0 aromatic carbocycles. The molecule has 3 aliphatic carbocycles. The summed E-state index contributed by atoms with van der Waals surface area (Å²) >= 11 is 0. The van der Waals surface area contributed by atoms with Gasteiger partial charge in [0, 0.05) is 45.6 Å². The summed E-state index contributed by atoms with van der Waals surface area (Å²) in [6.07, 6.45) is 17.1. The Labute approximate surface area is 353 Å². The molecule has 0 bridgehead atoms. The predicted octanol–water partition coefficient (Wildman–Crippen LogP) is 0.438. The smallest absolute Gasteiger partial charge is 0.343 e. The van der Waals surface area contributed by atoms with Gasteiger partial charge in [-0.3, -0.25) is 26.2 Å². The molecule has 59 heavy (non-hydrogen) atoms. The summed E-state index contributed by atoms with van der Waals surface area (Å²) in [6.45, 7) is 7.18. The van der Waals surface area contributed by atoms with Gasteiger partial charge in [0.05, 0.1) is 67.9 Å². The van der Waals surface area contributed by atoms with Crippen molar-refractivity contribution in [2.75, 3.05) is 39.3 Å². The lowest BCUT2D eigenvalue weighted by Crippen LogP contribution is -2.94. The van der Waals surface area contributed by atoms with Crippen LogP contribution in [0.15, 0.2) is 0 Å². The molecule has 0 aromatic rings. The van der Waals surface area contributed by atoms with Gasteiger partial charge < -0.3 is 44.9 Å². The molecule has 7 aliphatic rings. The molecule has 3 saturated heterocycles. The number of carbonyl (C=O) groups is 1. The Bertz CT molecular complexity index is 1320. The van der Waals surface area contributed by atoms with Gasteiger partial charge in [-0.2, -0.15) is 0 Å². The van der Waals surface area contributed by atoms with Gasteiger partial charge >= 0.3 is 11.9 Å². The number of esters is 1. The van der Waals surface area contributed by atoms with Crippen LogP contribution in [0.25, 0.3) is 0 Å². The van der Waals surface area contributed by atoms with E-state index in [0.29, 0.717) is 44.1 Å². The summed E-state index contributed by atoms with van der Waals surface area (Å²) in [5, 5.41) is 46.3. The van der Waals surface area contributed by atoms with E-state index in [0.717, 1.165) is 128 Å². The van der Waals surface area contributed by atoms with Crippen molar-refractivity contribution >= 4 is 11.9 Å². The Morgan fingerprint density at radius 3 is 2.63 bits per heavy atom. The van der Waals surface area contributed by atoms with Gasteiger partial charge in [0.15, 0.2) is 0 Å². The summed E-state index contributed by atoms with van der Waals surface area (Å²) in [5.41, 5.74) is 6.19. The van der Waals surface area contributed by atoms with E-state index in [1.54, 1.807) is 0 Å². The third-order valence-electron chi connectivity index (χ3n) is 15.3. The first-order valence-corrected chi connectivity index (χ1v) is 24.2. The first-order chi connectivity index (χ1) is 28.6. The number of aliphatic hydroxyl groups excluding tert-OH is 3. The van der Waals surface area contributed by atoms with Crippen LogP contribution in [-0.4, -0.2) is 133 Å². The van der Waals surface area contributed by atoms with Crippen LogP contribution in [0.5, 0.6) is 0 Å². The van der Waals surface area contributed by atoms with Crippen molar-refractivity contribution in [3.63, 3.8) is 0 Å². The van der Waals surface area contributed by atoms with Crippen molar-refractivity contribution in [3.8, 4) is 0 Å². The summed E-state index contributed by atoms with van der Waals surface area (Å²) in [7, 11) is 0. The number of hydrogen-bond donors (Lipinski definition) is 9. The number of quaternary nitrogens is 1. The monoisotopic (exact) mass is 835 g/mol. The molecule has 6 fully saturated rings. The number of piperidine rings is 2. The maximum absolute atomic E-state index is 12.1. The average molecular weight is 835 g/mol. The van der Waals surface area contributed by atoms with E-state index in [1.165, 1.54) is 32.6 Å². The molecule has 338 valence electrons. The van der Waals surface area contributed by atoms with E-state index >= 15 is 0 Å². The molecule has 7 rings (SSSR count). The number of rotatable bonds is 15. The second kappa shape index (κ2) is 22.1. The van der Waals surface area contributed by atoms with E-state index in [2.05, 4.69) is 26.3 Å². The summed E-state index contributed by atoms with van der Waals surface area (Å²) in [5.74, 6) is 2.52. The number of ether oxygens (including phenoxy) is 4. The van der Waals surface area contributed by atoms with Gasteiger partial charge in [0.2, 0.25) is 0 Å². The molecule has 0 amide bonds. The van der Waals surface area contributed by atoms with E-state index in [-0.39, 0.29) is 54.1 Å². The van der Waals surface area contributed by atoms with Crippen LogP contribution in [0.4, 0.5) is 0 Å². The third kappa shape index (κ3) is 13.4. The van der Waals surface area contributed by atoms with Crippen molar-refractivity contribution in [1.29, 1.82) is 0 Å². The van der Waals surface area contributed by atoms with Crippen molar-refractivity contribution in [2.24, 2.45) is 29.4 Å². The maximum Gasteiger partial charge on any atom is 0.343 e. The molecular formula is C45H82N6O8+2. The van der Waals surface area contributed by atoms with Gasteiger partial charge in [-0.15, -0.1) is 0 Å². The zero-order valence-electron chi connectivity index (χ0n) is 36.2. The fourth-order valence-corrected chi connectivity index (χ4v) is 12.0. The quantitative estimate of drug-likeness (QED) is 0.0815. The van der Waals surface area contributed by atoms with Crippen LogP contribution in [0.1, 0.15) is 142 Å². The standard InChI is InChI=1S/C45H80N6O8/c1-29(52)57-36-25-34(58-39(26-36)33-23-38(54)43(55)41(24-33)56-20-13-32-6-3-16-47-28-32)10-8-31-9-11-37(53)40(21-31)59-35-7-2-14-45(27-35)15-19-50-44(51-45)49-17-4-5-30-12-18-48-42(46)22-30/h30-43,47-48,53-55H,2-28,46H2,1H3,(H2,49,50,51)/p+2. The number of hydrogen-bond acceptors (Lipinski definition) is 12. The SMILES string of the molecule is CC(=O)OC1CC(CCC2CCC(O)C(OC3CCCC4(CC[NH+]=C(NCCCC5CC[NH2+]C(N)C5)N4)C3)C2)OC(C2CC(O)C(O)C(OCCC3CCCNC3)C2)C1. The summed E-state index contributed by atoms with van der Waals surface area (Å²) in [4.78, 5) is 15.7. The van der Waals surface area contributed by atoms with Gasteiger partial charge in [-0.05, 0) is 139 Å². The fraction of sp³-hybridized carbons (Fsp3) is 0.956. The van der Waals surface area contributed by atoms with E-state index in [9.17, 15) is 20.1 Å². The summed E-state index contributed by atoms with van der Waals surface area (Å²) in [6, 6.07) is 0. The molecule has 4 heterocycles. The number of nitrogens with two attached hydrogens (primary N) is 2. The summed E-state index contributed by atoms with van der Waals surface area (Å²) < 4.78 is 25.7. The van der Waals surface area contributed by atoms with Crippen molar-refractivity contribution in [1.82, 2.24) is 16.0 Å². The normalized spacial score (nSPS) is 42.1. The lowest BCUT2D eigenvalue weighted by Gasteiger charge is -2.44. The molecule has 0 radical (unpaired) electrons. The lowest BCUT2D eigenvalue weighted by molar-refractivity contribution is -0.699. The molecular weight excluding hydrogens is 753 g/mol. The molecule has 14 nitrogen and oxygen atoms in total. The van der Waals surface area contributed by atoms with E-state index < -0.39 is 24.4 Å². The first kappa shape index (κ1) is 45.4. The Hall–Kier alpha value is -1.62. The van der Waals surface area contributed by atoms with Gasteiger partial charge in [-0.1, -0.05) is 0 Å². The lowest BCUT2D eigenvalue weighted by atomic mass is 9.76. The Morgan fingerprint density at radius 1 is 0.915 bits per heavy atom. The number of carbonyl (C=O) groups excluding carboxylic acids is 1. The molecule has 14 heteroatoms. The van der Waals surface area contributed by atoms with Crippen LogP contribution in [0, 0.1) is 23.7 Å². The van der Waals surface area contributed by atoms with E-state index in [4.69, 9.17) is 24.7 Å². The molecule has 3 saturated carbocycles. The van der Waals surface area contributed by atoms with Crippen molar-refractivity contribution in [2.45, 2.75) is 208 Å². The minimum Gasteiger partial charge on any atom is -0.462 e. The minimum atomic E-state index is -0.912. The first-order valence-electron chi connectivity index (χ1n) is 24.2. The third-order valence-corrected chi connectivity index (χ3v) is 15.3. The molecule has 15 atom stereocenters. The zero-order valence-corrected chi connectivity index (χ0v) is 36.2. The maximum atomic E-state index is 12.1. The van der Waals surface area contributed by atoms with Gasteiger partial charge in [-0.25, -0.2) is 0 Å². The fourth-order valence-electron chi connectivity index (χ4n) is 12.0. The molecule has 15 unspecified atom stereocenters. The Morgan fingerprint density at radius 2 is 1.80 bits per heavy atom. The second-order valence-corrected chi connectivity index (χ2v) is 20.0. The number of nitrogens with one attached hydrogen (secondary N) is 4. The molecule has 1 spiro atoms. The molecule has 11 N–H and O–H groups in total. The minimum absolute atomic E-state index is 0.000966. The Kier molecular flexibility index (Phi) is 17.0. The highest BCUT2D eigenvalue weighted by Crippen LogP contribution is 2.40. The highest BCUT2D eigenvalue weighted by Gasteiger charge is 2.46. The van der Waals surface area contributed by atoms with Crippen LogP contribution < -0.4 is 32.0 Å². The largest absolute Gasteiger partial charge is 0.462 e. The highest BCUT2D eigenvalue weighted by molar-refractivity contribution is 5.75. The van der Waals surface area contributed by atoms with E-state index in [1.807, 2.05) is 0 Å². The zero-order chi connectivity index (χ0) is 41.2. The van der Waals surface area contributed by atoms with Gasteiger partial charge in [0.1, 0.15) is 18.4 Å². The highest BCUT2D eigenvalue weighted by atomic mass is 16.6. The average Bonchev–Trinajstić information content (AvgIpc) is 3.21. The van der Waals surface area contributed by atoms with Crippen LogP contribution in [0.3, 0.4) is 0 Å². The van der Waals surface area contributed by atoms with Crippen LogP contribution >= 0.6 is 0 Å². The van der Waals surface area contributed by atoms with Crippen LogP contribution in [-0.2, 0) is 23.7 Å². The number of guanidine groups is 1. The van der Waals surface area contributed by atoms with Crippen molar-refractivity contribution in [3.05, 3.63) is 0 Å². The topological polar surface area (TPSA) is 207 Å². The predicted molar refractivity (Wildman–Crippen MR) is 224 cm³/mol. The number of aliphatic hydroxyl groups is 3. The van der Waals surface area contributed by atoms with Gasteiger partial charge in [0.25, 0.3) is 0 Å². The van der Waals surface area contributed by atoms with Crippen LogP contribution in [0.2, 0.25) is 0 Å². The second-order valence-electron chi connectivity index (χ2n) is 20.0. The van der Waals surface area contributed by atoms with Crippen molar-refractivity contribution < 1.29 is 49.4 Å². The molecule has 0 aromatic heterocycles. The molecule has 4 aliphatic heterocycles. The Balaban J connectivity index is 0.868.